The normalized spacial score (nSPS) is 10.7. The van der Waals surface area contributed by atoms with E-state index < -0.39 is 5.97 Å². The summed E-state index contributed by atoms with van der Waals surface area (Å²) in [5.74, 6) is -0.359. The van der Waals surface area contributed by atoms with E-state index in [-0.39, 0.29) is 11.6 Å². The van der Waals surface area contributed by atoms with Crippen LogP contribution < -0.4 is 10.1 Å². The van der Waals surface area contributed by atoms with Gasteiger partial charge in [-0.2, -0.15) is 0 Å². The first-order chi connectivity index (χ1) is 8.58. The van der Waals surface area contributed by atoms with Crippen LogP contribution in [0.25, 0.3) is 6.08 Å². The van der Waals surface area contributed by atoms with Crippen LogP contribution in [0.5, 0.6) is 5.75 Å². The van der Waals surface area contributed by atoms with Gasteiger partial charge in [-0.1, -0.05) is 18.2 Å². The Labute approximate surface area is 105 Å². The molecule has 1 amide bonds. The van der Waals surface area contributed by atoms with Crippen LogP contribution in [0, 0.1) is 0 Å². The zero-order chi connectivity index (χ0) is 13.5. The highest BCUT2D eigenvalue weighted by Gasteiger charge is 2.12. The molecule has 0 atom stereocenters. The number of carbonyl (C=O) groups is 2. The first-order valence-electron chi connectivity index (χ1n) is 5.29. The molecule has 0 bridgehead atoms. The Morgan fingerprint density at radius 1 is 1.22 bits per heavy atom. The minimum Gasteiger partial charge on any atom is -0.496 e. The number of rotatable bonds is 4. The zero-order valence-corrected chi connectivity index (χ0v) is 10.5. The number of carbonyl (C=O) groups excluding carboxylic acids is 2. The van der Waals surface area contributed by atoms with Crippen LogP contribution in [0.4, 0.5) is 0 Å². The number of benzene rings is 1. The van der Waals surface area contributed by atoms with Gasteiger partial charge in [-0.05, 0) is 12.1 Å². The van der Waals surface area contributed by atoms with Crippen molar-refractivity contribution in [2.45, 2.75) is 6.92 Å². The van der Waals surface area contributed by atoms with Crippen molar-refractivity contribution in [3.05, 3.63) is 35.5 Å². The SMILES string of the molecule is COC(=O)C(=Cc1ccccc1OC)NC(C)=O. The van der Waals surface area contributed by atoms with E-state index >= 15 is 0 Å². The maximum atomic E-state index is 11.5. The van der Waals surface area contributed by atoms with Gasteiger partial charge in [0.25, 0.3) is 0 Å². The summed E-state index contributed by atoms with van der Waals surface area (Å²) in [4.78, 5) is 22.5. The molecular formula is C13H15NO4. The van der Waals surface area contributed by atoms with Gasteiger partial charge < -0.3 is 14.8 Å². The maximum Gasteiger partial charge on any atom is 0.354 e. The third-order valence-electron chi connectivity index (χ3n) is 2.15. The lowest BCUT2D eigenvalue weighted by Gasteiger charge is -2.08. The van der Waals surface area contributed by atoms with Crippen molar-refractivity contribution in [1.29, 1.82) is 0 Å². The van der Waals surface area contributed by atoms with E-state index in [2.05, 4.69) is 10.1 Å². The molecular weight excluding hydrogens is 234 g/mol. The van der Waals surface area contributed by atoms with E-state index in [0.29, 0.717) is 11.3 Å². The molecule has 0 saturated carbocycles. The maximum absolute atomic E-state index is 11.5. The average Bonchev–Trinajstić information content (AvgIpc) is 2.37. The number of ether oxygens (including phenoxy) is 2. The number of methoxy groups -OCH3 is 2. The van der Waals surface area contributed by atoms with Crippen molar-refractivity contribution in [2.75, 3.05) is 14.2 Å². The zero-order valence-electron chi connectivity index (χ0n) is 10.5. The molecule has 0 aliphatic heterocycles. The van der Waals surface area contributed by atoms with Gasteiger partial charge in [0.05, 0.1) is 14.2 Å². The fraction of sp³-hybridized carbons (Fsp3) is 0.231. The summed E-state index contributed by atoms with van der Waals surface area (Å²) in [6.45, 7) is 1.32. The fourth-order valence-electron chi connectivity index (χ4n) is 1.39. The third-order valence-corrected chi connectivity index (χ3v) is 2.15. The summed E-state index contributed by atoms with van der Waals surface area (Å²) in [6, 6.07) is 7.14. The molecule has 0 aliphatic rings. The number of nitrogens with one attached hydrogen (secondary N) is 1. The molecule has 0 spiro atoms. The largest absolute Gasteiger partial charge is 0.496 e. The molecule has 0 unspecified atom stereocenters. The van der Waals surface area contributed by atoms with E-state index in [9.17, 15) is 9.59 Å². The van der Waals surface area contributed by atoms with Gasteiger partial charge >= 0.3 is 5.97 Å². The predicted octanol–water partition coefficient (Wildman–Crippen LogP) is 1.35. The van der Waals surface area contributed by atoms with Crippen molar-refractivity contribution in [2.24, 2.45) is 0 Å². The Hall–Kier alpha value is -2.30. The van der Waals surface area contributed by atoms with Crippen molar-refractivity contribution >= 4 is 18.0 Å². The lowest BCUT2D eigenvalue weighted by Crippen LogP contribution is -2.25. The Kier molecular flexibility index (Phi) is 4.92. The van der Waals surface area contributed by atoms with E-state index in [1.54, 1.807) is 18.2 Å². The summed E-state index contributed by atoms with van der Waals surface area (Å²) in [5, 5.41) is 2.42. The number of esters is 1. The molecule has 18 heavy (non-hydrogen) atoms. The van der Waals surface area contributed by atoms with E-state index in [4.69, 9.17) is 4.74 Å². The monoisotopic (exact) mass is 249 g/mol. The highest BCUT2D eigenvalue weighted by atomic mass is 16.5. The van der Waals surface area contributed by atoms with Gasteiger partial charge in [-0.3, -0.25) is 4.79 Å². The number of hydrogen-bond donors (Lipinski definition) is 1. The lowest BCUT2D eigenvalue weighted by atomic mass is 10.1. The Morgan fingerprint density at radius 3 is 2.44 bits per heavy atom. The molecule has 5 nitrogen and oxygen atoms in total. The van der Waals surface area contributed by atoms with E-state index in [1.807, 2.05) is 6.07 Å². The molecule has 0 fully saturated rings. The minimum atomic E-state index is -0.615. The summed E-state index contributed by atoms with van der Waals surface area (Å²) < 4.78 is 9.75. The lowest BCUT2D eigenvalue weighted by molar-refractivity contribution is -0.137. The van der Waals surface area contributed by atoms with Gasteiger partial charge in [0.15, 0.2) is 0 Å². The molecule has 0 aromatic heterocycles. The Morgan fingerprint density at radius 2 is 1.89 bits per heavy atom. The van der Waals surface area contributed by atoms with Crippen LogP contribution >= 0.6 is 0 Å². The number of hydrogen-bond acceptors (Lipinski definition) is 4. The Bertz CT molecular complexity index is 480. The molecule has 5 heteroatoms. The van der Waals surface area contributed by atoms with Crippen LogP contribution in [0.3, 0.4) is 0 Å². The van der Waals surface area contributed by atoms with Gasteiger partial charge in [0.2, 0.25) is 5.91 Å². The quantitative estimate of drug-likeness (QED) is 0.646. The molecule has 1 rings (SSSR count). The van der Waals surface area contributed by atoms with Crippen LogP contribution in [0.1, 0.15) is 12.5 Å². The van der Waals surface area contributed by atoms with Crippen molar-refractivity contribution in [1.82, 2.24) is 5.32 Å². The van der Waals surface area contributed by atoms with Crippen LogP contribution in [0.15, 0.2) is 30.0 Å². The van der Waals surface area contributed by atoms with Crippen LogP contribution in [-0.2, 0) is 14.3 Å². The van der Waals surface area contributed by atoms with E-state index in [1.165, 1.54) is 27.2 Å². The topological polar surface area (TPSA) is 64.6 Å². The first-order valence-corrected chi connectivity index (χ1v) is 5.29. The minimum absolute atomic E-state index is 0.0644. The standard InChI is InChI=1S/C13H15NO4/c1-9(15)14-11(13(16)18-3)8-10-6-4-5-7-12(10)17-2/h4-8H,1-3H3,(H,14,15). The highest BCUT2D eigenvalue weighted by molar-refractivity contribution is 5.97. The fourth-order valence-corrected chi connectivity index (χ4v) is 1.39. The number of amides is 1. The summed E-state index contributed by atoms with van der Waals surface area (Å²) in [5.41, 5.74) is 0.739. The second-order valence-electron chi connectivity index (χ2n) is 3.47. The average molecular weight is 249 g/mol. The van der Waals surface area contributed by atoms with Gasteiger partial charge in [0, 0.05) is 12.5 Å². The molecule has 96 valence electrons. The van der Waals surface area contributed by atoms with Crippen LogP contribution in [0.2, 0.25) is 0 Å². The van der Waals surface area contributed by atoms with E-state index in [0.717, 1.165) is 0 Å². The van der Waals surface area contributed by atoms with Crippen molar-refractivity contribution < 1.29 is 19.1 Å². The van der Waals surface area contributed by atoms with Crippen molar-refractivity contribution in [3.8, 4) is 5.75 Å². The molecule has 1 N–H and O–H groups in total. The highest BCUT2D eigenvalue weighted by Crippen LogP contribution is 2.20. The van der Waals surface area contributed by atoms with Gasteiger partial charge in [-0.25, -0.2) is 4.79 Å². The molecule has 0 saturated heterocycles. The number of para-hydroxylation sites is 1. The van der Waals surface area contributed by atoms with Crippen molar-refractivity contribution in [3.63, 3.8) is 0 Å². The smallest absolute Gasteiger partial charge is 0.354 e. The molecule has 1 aromatic carbocycles. The molecule has 0 radical (unpaired) electrons. The second kappa shape index (κ2) is 6.44. The summed E-state index contributed by atoms with van der Waals surface area (Å²) in [7, 11) is 2.78. The van der Waals surface area contributed by atoms with Gasteiger partial charge in [-0.15, -0.1) is 0 Å². The Balaban J connectivity index is 3.14. The van der Waals surface area contributed by atoms with Gasteiger partial charge in [0.1, 0.15) is 11.4 Å². The summed E-state index contributed by atoms with van der Waals surface area (Å²) in [6.07, 6.45) is 1.51. The van der Waals surface area contributed by atoms with Crippen LogP contribution in [-0.4, -0.2) is 26.1 Å². The molecule has 1 aromatic rings. The molecule has 0 aliphatic carbocycles. The molecule has 0 heterocycles. The second-order valence-corrected chi connectivity index (χ2v) is 3.47. The predicted molar refractivity (Wildman–Crippen MR) is 66.8 cm³/mol. The summed E-state index contributed by atoms with van der Waals surface area (Å²) >= 11 is 0. The third kappa shape index (κ3) is 3.62. The first kappa shape index (κ1) is 13.8.